The summed E-state index contributed by atoms with van der Waals surface area (Å²) < 4.78 is 7.62. The minimum atomic E-state index is -0.109. The average molecular weight is 514 g/mol. The molecular formula is C23H18Br2N2O2. The number of rotatable bonds is 5. The van der Waals surface area contributed by atoms with Crippen molar-refractivity contribution >= 4 is 65.1 Å². The summed E-state index contributed by atoms with van der Waals surface area (Å²) in [4.78, 5) is 19.3. The van der Waals surface area contributed by atoms with Gasteiger partial charge in [0.15, 0.2) is 12.4 Å². The molecule has 29 heavy (non-hydrogen) atoms. The lowest BCUT2D eigenvalue weighted by atomic mass is 10.1. The van der Waals surface area contributed by atoms with Crippen molar-refractivity contribution in [2.75, 3.05) is 18.1 Å². The van der Waals surface area contributed by atoms with Crippen LogP contribution in [0.5, 0.6) is 5.75 Å². The Bertz CT molecular complexity index is 1200. The first-order valence-corrected chi connectivity index (χ1v) is 10.8. The molecule has 4 rings (SSSR count). The third-order valence-electron chi connectivity index (χ3n) is 4.77. The predicted octanol–water partition coefficient (Wildman–Crippen LogP) is 6.34. The summed E-state index contributed by atoms with van der Waals surface area (Å²) in [6.07, 6.45) is 1.71. The number of ether oxygens (including phenoxy) is 1. The van der Waals surface area contributed by atoms with Crippen LogP contribution in [0.1, 0.15) is 6.92 Å². The number of anilines is 1. The zero-order chi connectivity index (χ0) is 20.4. The van der Waals surface area contributed by atoms with Gasteiger partial charge in [0.25, 0.3) is 5.91 Å². The molecule has 0 bridgehead atoms. The van der Waals surface area contributed by atoms with Gasteiger partial charge in [0.1, 0.15) is 5.52 Å². The topological polar surface area (TPSA) is 42.4 Å². The van der Waals surface area contributed by atoms with E-state index in [0.717, 1.165) is 30.8 Å². The second-order valence-corrected chi connectivity index (χ2v) is 8.20. The van der Waals surface area contributed by atoms with Crippen LogP contribution in [0.3, 0.4) is 0 Å². The maximum absolute atomic E-state index is 13.1. The third kappa shape index (κ3) is 3.87. The Hall–Kier alpha value is -2.44. The van der Waals surface area contributed by atoms with Crippen molar-refractivity contribution in [3.63, 3.8) is 0 Å². The van der Waals surface area contributed by atoms with Gasteiger partial charge in [-0.05, 0) is 46.4 Å². The van der Waals surface area contributed by atoms with E-state index in [2.05, 4.69) is 36.8 Å². The van der Waals surface area contributed by atoms with Crippen LogP contribution in [0.15, 0.2) is 75.8 Å². The predicted molar refractivity (Wildman–Crippen MR) is 125 cm³/mol. The Morgan fingerprint density at radius 3 is 2.59 bits per heavy atom. The first-order valence-electron chi connectivity index (χ1n) is 9.23. The number of halogens is 2. The highest BCUT2D eigenvalue weighted by Gasteiger charge is 2.19. The van der Waals surface area contributed by atoms with Crippen LogP contribution in [0.2, 0.25) is 0 Å². The summed E-state index contributed by atoms with van der Waals surface area (Å²) in [5.41, 5.74) is 1.59. The summed E-state index contributed by atoms with van der Waals surface area (Å²) in [5.74, 6) is 0.453. The summed E-state index contributed by atoms with van der Waals surface area (Å²) >= 11 is 7.08. The average Bonchev–Trinajstić information content (AvgIpc) is 2.74. The molecule has 0 aliphatic rings. The summed E-state index contributed by atoms with van der Waals surface area (Å²) in [7, 11) is 0. The largest absolute Gasteiger partial charge is 0.480 e. The van der Waals surface area contributed by atoms with Crippen molar-refractivity contribution in [2.45, 2.75) is 6.92 Å². The van der Waals surface area contributed by atoms with Crippen LogP contribution in [-0.2, 0) is 4.79 Å². The maximum atomic E-state index is 13.1. The Labute approximate surface area is 185 Å². The highest BCUT2D eigenvalue weighted by molar-refractivity contribution is 9.11. The molecule has 1 amide bonds. The number of aromatic nitrogens is 1. The van der Waals surface area contributed by atoms with Crippen molar-refractivity contribution < 1.29 is 9.53 Å². The van der Waals surface area contributed by atoms with Crippen molar-refractivity contribution in [1.29, 1.82) is 0 Å². The molecule has 1 heterocycles. The van der Waals surface area contributed by atoms with Gasteiger partial charge in [-0.1, -0.05) is 58.4 Å². The van der Waals surface area contributed by atoms with Crippen molar-refractivity contribution in [3.8, 4) is 5.75 Å². The van der Waals surface area contributed by atoms with E-state index in [1.165, 1.54) is 0 Å². The molecule has 0 saturated heterocycles. The van der Waals surface area contributed by atoms with E-state index in [9.17, 15) is 4.79 Å². The smallest absolute Gasteiger partial charge is 0.264 e. The number of carbonyl (C=O) groups excluding carboxylic acids is 1. The van der Waals surface area contributed by atoms with Gasteiger partial charge in [-0.15, -0.1) is 0 Å². The minimum Gasteiger partial charge on any atom is -0.480 e. The van der Waals surface area contributed by atoms with Crippen molar-refractivity contribution in [1.82, 2.24) is 4.98 Å². The lowest BCUT2D eigenvalue weighted by Crippen LogP contribution is -2.35. The molecule has 0 radical (unpaired) electrons. The molecule has 0 fully saturated rings. The maximum Gasteiger partial charge on any atom is 0.264 e. The molecule has 4 aromatic rings. The van der Waals surface area contributed by atoms with Crippen LogP contribution < -0.4 is 9.64 Å². The molecule has 0 aliphatic heterocycles. The monoisotopic (exact) mass is 512 g/mol. The Morgan fingerprint density at radius 2 is 1.76 bits per heavy atom. The second-order valence-electron chi connectivity index (χ2n) is 6.49. The lowest BCUT2D eigenvalue weighted by molar-refractivity contribution is -0.120. The number of benzene rings is 3. The molecule has 6 heteroatoms. The number of carbonyl (C=O) groups is 1. The molecule has 0 N–H and O–H groups in total. The zero-order valence-corrected chi connectivity index (χ0v) is 18.9. The highest BCUT2D eigenvalue weighted by Crippen LogP contribution is 2.37. The van der Waals surface area contributed by atoms with E-state index in [0.29, 0.717) is 17.8 Å². The third-order valence-corrected chi connectivity index (χ3v) is 6.01. The number of amides is 1. The number of hydrogen-bond acceptors (Lipinski definition) is 3. The molecule has 146 valence electrons. The molecule has 3 aromatic carbocycles. The molecule has 4 nitrogen and oxygen atoms in total. The molecule has 0 saturated carbocycles. The van der Waals surface area contributed by atoms with E-state index in [4.69, 9.17) is 4.74 Å². The Kier molecular flexibility index (Phi) is 5.83. The van der Waals surface area contributed by atoms with Crippen molar-refractivity contribution in [3.05, 3.63) is 75.8 Å². The van der Waals surface area contributed by atoms with Crippen LogP contribution in [-0.4, -0.2) is 24.0 Å². The molecule has 1 aromatic heterocycles. The number of pyridine rings is 1. The quantitative estimate of drug-likeness (QED) is 0.312. The minimum absolute atomic E-state index is 0.0804. The number of fused-ring (bicyclic) bond motifs is 2. The van der Waals surface area contributed by atoms with Crippen LogP contribution >= 0.6 is 31.9 Å². The van der Waals surface area contributed by atoms with Gasteiger partial charge in [-0.2, -0.15) is 0 Å². The fourth-order valence-corrected chi connectivity index (χ4v) is 4.81. The molecular weight excluding hydrogens is 496 g/mol. The number of likely N-dealkylation sites (N-methyl/N-ethyl adjacent to an activating group) is 1. The van der Waals surface area contributed by atoms with Crippen molar-refractivity contribution in [2.24, 2.45) is 0 Å². The van der Waals surface area contributed by atoms with E-state index in [1.54, 1.807) is 11.1 Å². The van der Waals surface area contributed by atoms with Gasteiger partial charge in [0.05, 0.1) is 10.2 Å². The second kappa shape index (κ2) is 8.51. The van der Waals surface area contributed by atoms with Gasteiger partial charge in [0, 0.05) is 28.0 Å². The highest BCUT2D eigenvalue weighted by atomic mass is 79.9. The molecule has 0 unspecified atom stereocenters. The Morgan fingerprint density at radius 1 is 1.00 bits per heavy atom. The fraction of sp³-hybridized carbons (Fsp3) is 0.130. The molecule has 0 aliphatic carbocycles. The zero-order valence-electron chi connectivity index (χ0n) is 15.7. The summed E-state index contributed by atoms with van der Waals surface area (Å²) in [5, 5.41) is 3.07. The van der Waals surface area contributed by atoms with Crippen LogP contribution in [0, 0.1) is 0 Å². The Balaban J connectivity index is 1.63. The molecule has 0 spiro atoms. The standard InChI is InChI=1S/C23H18Br2N2O2/c1-2-27(20-11-5-8-15-7-3-4-9-16(15)20)21(28)14-29-23-19(25)13-18(24)17-10-6-12-26-22(17)23/h3-13H,2,14H2,1H3. The number of hydrogen-bond donors (Lipinski definition) is 0. The van der Waals surface area contributed by atoms with Gasteiger partial charge in [0.2, 0.25) is 0 Å². The van der Waals surface area contributed by atoms with Gasteiger partial charge >= 0.3 is 0 Å². The van der Waals surface area contributed by atoms with E-state index >= 15 is 0 Å². The van der Waals surface area contributed by atoms with Crippen LogP contribution in [0.25, 0.3) is 21.7 Å². The lowest BCUT2D eigenvalue weighted by Gasteiger charge is -2.23. The van der Waals surface area contributed by atoms with E-state index < -0.39 is 0 Å². The fourth-order valence-electron chi connectivity index (χ4n) is 3.42. The van der Waals surface area contributed by atoms with Gasteiger partial charge in [-0.25, -0.2) is 0 Å². The van der Waals surface area contributed by atoms with Gasteiger partial charge < -0.3 is 9.64 Å². The first-order chi connectivity index (χ1) is 14.1. The SMILES string of the molecule is CCN(C(=O)COc1c(Br)cc(Br)c2cccnc12)c1cccc2ccccc12. The normalized spacial score (nSPS) is 11.0. The van der Waals surface area contributed by atoms with Gasteiger partial charge in [-0.3, -0.25) is 9.78 Å². The van der Waals surface area contributed by atoms with E-state index in [1.807, 2.05) is 67.6 Å². The van der Waals surface area contributed by atoms with Crippen LogP contribution in [0.4, 0.5) is 5.69 Å². The molecule has 0 atom stereocenters. The number of nitrogens with zero attached hydrogens (tertiary/aromatic N) is 2. The summed E-state index contributed by atoms with van der Waals surface area (Å²) in [6, 6.07) is 19.8. The van der Waals surface area contributed by atoms with E-state index in [-0.39, 0.29) is 12.5 Å². The summed E-state index contributed by atoms with van der Waals surface area (Å²) in [6.45, 7) is 2.44. The first kappa shape index (κ1) is 19.9.